The number of carbonyl (C=O) groups is 1. The summed E-state index contributed by atoms with van der Waals surface area (Å²) in [6.45, 7) is 4.37. The lowest BCUT2D eigenvalue weighted by atomic mass is 9.87. The number of aryl methyl sites for hydroxylation is 2. The summed E-state index contributed by atoms with van der Waals surface area (Å²) >= 11 is 0. The molecular formula is C31H35F3N6O2. The van der Waals surface area contributed by atoms with E-state index in [1.807, 2.05) is 12.3 Å². The number of benzene rings is 2. The molecule has 1 aliphatic carbocycles. The van der Waals surface area contributed by atoms with E-state index in [0.717, 1.165) is 65.0 Å². The Labute approximate surface area is 242 Å². The third-order valence-electron chi connectivity index (χ3n) is 7.89. The van der Waals surface area contributed by atoms with Gasteiger partial charge in [0.05, 0.1) is 30.3 Å². The largest absolute Gasteiger partial charge is 0.496 e. The highest BCUT2D eigenvalue weighted by molar-refractivity contribution is 5.93. The molecule has 4 aromatic rings. The number of fused-ring (bicyclic) bond motifs is 1. The van der Waals surface area contributed by atoms with Crippen LogP contribution in [-0.4, -0.2) is 38.8 Å². The molecule has 1 saturated carbocycles. The summed E-state index contributed by atoms with van der Waals surface area (Å²) in [5.41, 5.74) is 2.90. The van der Waals surface area contributed by atoms with Crippen molar-refractivity contribution in [2.75, 3.05) is 17.7 Å². The molecule has 1 amide bonds. The molecule has 11 heteroatoms. The first kappa shape index (κ1) is 29.3. The quantitative estimate of drug-likeness (QED) is 0.238. The Balaban J connectivity index is 1.35. The van der Waals surface area contributed by atoms with Crippen molar-refractivity contribution in [3.8, 4) is 17.0 Å². The highest BCUT2D eigenvalue weighted by atomic mass is 19.4. The minimum absolute atomic E-state index is 0.134. The van der Waals surface area contributed by atoms with Gasteiger partial charge < -0.3 is 15.4 Å². The molecule has 2 heterocycles. The van der Waals surface area contributed by atoms with Gasteiger partial charge in [-0.3, -0.25) is 9.48 Å². The second-order valence-corrected chi connectivity index (χ2v) is 11.0. The first-order chi connectivity index (χ1) is 20.0. The van der Waals surface area contributed by atoms with Gasteiger partial charge in [0, 0.05) is 41.9 Å². The Hall–Kier alpha value is -4.15. The average molecular weight is 581 g/mol. The van der Waals surface area contributed by atoms with Crippen molar-refractivity contribution in [1.29, 1.82) is 0 Å². The summed E-state index contributed by atoms with van der Waals surface area (Å²) in [5.74, 6) is 1.40. The lowest BCUT2D eigenvalue weighted by Gasteiger charge is -2.26. The predicted octanol–water partition coefficient (Wildman–Crippen LogP) is 6.79. The van der Waals surface area contributed by atoms with Crippen molar-refractivity contribution in [3.05, 3.63) is 59.3 Å². The molecule has 1 aliphatic rings. The van der Waals surface area contributed by atoms with E-state index in [1.54, 1.807) is 17.8 Å². The SMILES string of the molecule is CCc1cc(-c2cc(NC(=O)Cc3cc(C(F)(F)F)ccc3OC)nn2C)cc2cnc(NC3CCC(C)CC3)nc12. The van der Waals surface area contributed by atoms with Gasteiger partial charge in [0.25, 0.3) is 0 Å². The summed E-state index contributed by atoms with van der Waals surface area (Å²) in [5, 5.41) is 11.5. The van der Waals surface area contributed by atoms with Crippen LogP contribution in [-0.2, 0) is 30.9 Å². The molecule has 0 radical (unpaired) electrons. The summed E-state index contributed by atoms with van der Waals surface area (Å²) in [7, 11) is 3.12. The van der Waals surface area contributed by atoms with Crippen LogP contribution in [0.4, 0.5) is 24.9 Å². The molecule has 222 valence electrons. The molecule has 0 saturated heterocycles. The van der Waals surface area contributed by atoms with E-state index in [-0.39, 0.29) is 17.7 Å². The van der Waals surface area contributed by atoms with Gasteiger partial charge >= 0.3 is 6.18 Å². The van der Waals surface area contributed by atoms with Crippen molar-refractivity contribution in [1.82, 2.24) is 19.7 Å². The molecule has 2 aromatic heterocycles. The van der Waals surface area contributed by atoms with Crippen LogP contribution in [0.3, 0.4) is 0 Å². The van der Waals surface area contributed by atoms with E-state index in [9.17, 15) is 18.0 Å². The molecule has 8 nitrogen and oxygen atoms in total. The fraction of sp³-hybridized carbons (Fsp3) is 0.419. The molecule has 1 fully saturated rings. The molecule has 0 unspecified atom stereocenters. The van der Waals surface area contributed by atoms with Gasteiger partial charge in [-0.25, -0.2) is 9.97 Å². The number of hydrogen-bond acceptors (Lipinski definition) is 6. The molecule has 2 aromatic carbocycles. The number of aromatic nitrogens is 4. The minimum atomic E-state index is -4.53. The van der Waals surface area contributed by atoms with Gasteiger partial charge in [0.2, 0.25) is 11.9 Å². The van der Waals surface area contributed by atoms with Gasteiger partial charge in [0.1, 0.15) is 5.75 Å². The molecule has 0 bridgehead atoms. The van der Waals surface area contributed by atoms with Crippen molar-refractivity contribution >= 4 is 28.6 Å². The molecule has 0 spiro atoms. The normalized spacial score (nSPS) is 17.3. The van der Waals surface area contributed by atoms with Crippen molar-refractivity contribution in [3.63, 3.8) is 0 Å². The Morgan fingerprint density at radius 2 is 1.86 bits per heavy atom. The smallest absolute Gasteiger partial charge is 0.416 e. The summed E-state index contributed by atoms with van der Waals surface area (Å²) in [6, 6.07) is 9.27. The third-order valence-corrected chi connectivity index (χ3v) is 7.89. The number of nitrogens with one attached hydrogen (secondary N) is 2. The number of hydrogen-bond donors (Lipinski definition) is 2. The van der Waals surface area contributed by atoms with E-state index in [2.05, 4.69) is 40.6 Å². The maximum Gasteiger partial charge on any atom is 0.416 e. The van der Waals surface area contributed by atoms with Gasteiger partial charge in [-0.2, -0.15) is 18.3 Å². The number of rotatable bonds is 8. The van der Waals surface area contributed by atoms with E-state index < -0.39 is 17.6 Å². The zero-order valence-corrected chi connectivity index (χ0v) is 24.2. The summed E-state index contributed by atoms with van der Waals surface area (Å²) in [4.78, 5) is 22.3. The summed E-state index contributed by atoms with van der Waals surface area (Å²) < 4.78 is 46.5. The van der Waals surface area contributed by atoms with Crippen molar-refractivity contribution in [2.45, 2.75) is 64.6 Å². The van der Waals surface area contributed by atoms with E-state index in [1.165, 1.54) is 26.0 Å². The topological polar surface area (TPSA) is 94.0 Å². The zero-order chi connectivity index (χ0) is 30.0. The molecule has 5 rings (SSSR count). The maximum atomic E-state index is 13.2. The number of methoxy groups -OCH3 is 1. The zero-order valence-electron chi connectivity index (χ0n) is 24.2. The standard InChI is InChI=1S/C31H35F3N6O2/c1-5-19-12-20(13-22-17-35-30(38-29(19)22)36-24-9-6-18(2)7-10-24)25-16-27(39-40(25)3)37-28(41)15-21-14-23(31(32,33)34)8-11-26(21)42-4/h8,11-14,16-18,24H,5-7,9-10,15H2,1-4H3,(H,35,36,38)(H,37,39,41). The fourth-order valence-electron chi connectivity index (χ4n) is 5.54. The number of carbonyl (C=O) groups excluding carboxylic acids is 1. The number of alkyl halides is 3. The third kappa shape index (κ3) is 6.50. The van der Waals surface area contributed by atoms with Gasteiger partial charge in [-0.15, -0.1) is 0 Å². The second kappa shape index (κ2) is 12.0. The number of nitrogens with zero attached hydrogens (tertiary/aromatic N) is 4. The highest BCUT2D eigenvalue weighted by Gasteiger charge is 2.31. The molecule has 0 atom stereocenters. The van der Waals surface area contributed by atoms with E-state index in [4.69, 9.17) is 9.72 Å². The number of anilines is 2. The van der Waals surface area contributed by atoms with Gasteiger partial charge in [0.15, 0.2) is 5.82 Å². The Kier molecular flexibility index (Phi) is 8.38. The van der Waals surface area contributed by atoms with E-state index in [0.29, 0.717) is 17.8 Å². The van der Waals surface area contributed by atoms with Crippen LogP contribution < -0.4 is 15.4 Å². The highest BCUT2D eigenvalue weighted by Crippen LogP contribution is 2.33. The first-order valence-electron chi connectivity index (χ1n) is 14.2. The first-order valence-corrected chi connectivity index (χ1v) is 14.2. The molecule has 0 aliphatic heterocycles. The van der Waals surface area contributed by atoms with Crippen LogP contribution in [0.1, 0.15) is 56.2 Å². The van der Waals surface area contributed by atoms with Crippen LogP contribution in [0.2, 0.25) is 0 Å². The van der Waals surface area contributed by atoms with Crippen LogP contribution in [0.5, 0.6) is 5.75 Å². The Morgan fingerprint density at radius 1 is 1.10 bits per heavy atom. The second-order valence-electron chi connectivity index (χ2n) is 11.0. The molecular weight excluding hydrogens is 545 g/mol. The lowest BCUT2D eigenvalue weighted by molar-refractivity contribution is -0.137. The van der Waals surface area contributed by atoms with Gasteiger partial charge in [-0.05, 0) is 73.9 Å². The predicted molar refractivity (Wildman–Crippen MR) is 156 cm³/mol. The summed E-state index contributed by atoms with van der Waals surface area (Å²) in [6.07, 6.45) is 2.43. The van der Waals surface area contributed by atoms with Crippen LogP contribution in [0, 0.1) is 5.92 Å². The minimum Gasteiger partial charge on any atom is -0.496 e. The Bertz CT molecular complexity index is 1590. The van der Waals surface area contributed by atoms with Crippen LogP contribution in [0.25, 0.3) is 22.2 Å². The van der Waals surface area contributed by atoms with E-state index >= 15 is 0 Å². The van der Waals surface area contributed by atoms with Gasteiger partial charge in [-0.1, -0.05) is 13.8 Å². The van der Waals surface area contributed by atoms with Crippen LogP contribution in [0.15, 0.2) is 42.6 Å². The number of ether oxygens (including phenoxy) is 1. The van der Waals surface area contributed by atoms with Crippen molar-refractivity contribution in [2.24, 2.45) is 13.0 Å². The maximum absolute atomic E-state index is 13.2. The Morgan fingerprint density at radius 3 is 2.55 bits per heavy atom. The fourth-order valence-corrected chi connectivity index (χ4v) is 5.54. The van der Waals surface area contributed by atoms with Crippen molar-refractivity contribution < 1.29 is 22.7 Å². The lowest BCUT2D eigenvalue weighted by Crippen LogP contribution is -2.26. The average Bonchev–Trinajstić information content (AvgIpc) is 3.32. The van der Waals surface area contributed by atoms with Crippen LogP contribution >= 0.6 is 0 Å². The molecule has 42 heavy (non-hydrogen) atoms. The number of halogens is 3. The monoisotopic (exact) mass is 580 g/mol. The molecule has 2 N–H and O–H groups in total. The number of amides is 1.